The molecule has 0 bridgehead atoms. The van der Waals surface area contributed by atoms with Gasteiger partial charge >= 0.3 is 5.97 Å². The number of carbonyl (C=O) groups is 1. The summed E-state index contributed by atoms with van der Waals surface area (Å²) in [5.41, 5.74) is 1.78. The minimum absolute atomic E-state index is 0.112. The lowest BCUT2D eigenvalue weighted by Crippen LogP contribution is -2.16. The summed E-state index contributed by atoms with van der Waals surface area (Å²) >= 11 is 0. The van der Waals surface area contributed by atoms with Gasteiger partial charge in [0.05, 0.1) is 10.6 Å². The molecule has 0 heterocycles. The lowest BCUT2D eigenvalue weighted by Gasteiger charge is -2.11. The fourth-order valence-electron chi connectivity index (χ4n) is 1.15. The normalized spacial score (nSPS) is 11.9. The van der Waals surface area contributed by atoms with Crippen LogP contribution in [0.5, 0.6) is 0 Å². The van der Waals surface area contributed by atoms with Crippen molar-refractivity contribution in [1.82, 2.24) is 0 Å². The van der Waals surface area contributed by atoms with Crippen molar-refractivity contribution in [2.75, 3.05) is 5.43 Å². The summed E-state index contributed by atoms with van der Waals surface area (Å²) in [7, 11) is 0. The molecule has 0 saturated carbocycles. The maximum atomic E-state index is 10.6. The number of hydrogen-bond donors (Lipinski definition) is 4. The molecule has 0 aromatic heterocycles. The zero-order valence-electron chi connectivity index (χ0n) is 7.95. The quantitative estimate of drug-likeness (QED) is 0.322. The van der Waals surface area contributed by atoms with Crippen molar-refractivity contribution in [3.05, 3.63) is 33.9 Å². The number of hydrogen-bond acceptors (Lipinski definition) is 6. The molecule has 1 unspecified atom stereocenters. The maximum Gasteiger partial charge on any atom is 0.337 e. The molecule has 0 aliphatic rings. The summed E-state index contributed by atoms with van der Waals surface area (Å²) in [5.74, 6) is 3.57. The van der Waals surface area contributed by atoms with Crippen LogP contribution in [-0.4, -0.2) is 21.1 Å². The van der Waals surface area contributed by atoms with Gasteiger partial charge in [-0.25, -0.2) is 4.79 Å². The summed E-state index contributed by atoms with van der Waals surface area (Å²) in [5, 5.41) is 28.4. The number of aliphatic carboxylic acids is 1. The summed E-state index contributed by atoms with van der Waals surface area (Å²) in [6.45, 7) is 0. The Hall–Kier alpha value is -2.19. The third-order valence-electron chi connectivity index (χ3n) is 1.93. The standard InChI is InChI=1S/C8H9N3O5/c9-10-6-2-1-4(11(15)16)3-5(6)7(12)8(13)14/h1-3,7,10,12H,9H2,(H,13,14). The Morgan fingerprint density at radius 3 is 2.62 bits per heavy atom. The summed E-state index contributed by atoms with van der Waals surface area (Å²) in [4.78, 5) is 20.3. The van der Waals surface area contributed by atoms with Crippen molar-refractivity contribution in [2.24, 2.45) is 5.84 Å². The van der Waals surface area contributed by atoms with Crippen molar-refractivity contribution in [1.29, 1.82) is 0 Å². The molecule has 1 rings (SSSR count). The van der Waals surface area contributed by atoms with Crippen LogP contribution in [0.25, 0.3) is 0 Å². The molecular weight excluding hydrogens is 218 g/mol. The highest BCUT2D eigenvalue weighted by Gasteiger charge is 2.22. The van der Waals surface area contributed by atoms with E-state index in [2.05, 4.69) is 5.43 Å². The molecule has 16 heavy (non-hydrogen) atoms. The third-order valence-corrected chi connectivity index (χ3v) is 1.93. The highest BCUT2D eigenvalue weighted by Crippen LogP contribution is 2.27. The highest BCUT2D eigenvalue weighted by atomic mass is 16.6. The number of hydrazine groups is 1. The Morgan fingerprint density at radius 1 is 1.56 bits per heavy atom. The minimum atomic E-state index is -1.87. The lowest BCUT2D eigenvalue weighted by atomic mass is 10.1. The van der Waals surface area contributed by atoms with E-state index in [1.54, 1.807) is 0 Å². The summed E-state index contributed by atoms with van der Waals surface area (Å²) < 4.78 is 0. The predicted molar refractivity (Wildman–Crippen MR) is 53.5 cm³/mol. The molecule has 1 atom stereocenters. The number of nitrogens with one attached hydrogen (secondary N) is 1. The number of anilines is 1. The van der Waals surface area contributed by atoms with Crippen molar-refractivity contribution < 1.29 is 19.9 Å². The molecule has 0 radical (unpaired) electrons. The van der Waals surface area contributed by atoms with Gasteiger partial charge in [-0.1, -0.05) is 0 Å². The van der Waals surface area contributed by atoms with Crippen LogP contribution in [0.1, 0.15) is 11.7 Å². The Balaban J connectivity index is 3.27. The lowest BCUT2D eigenvalue weighted by molar-refractivity contribution is -0.384. The average molecular weight is 227 g/mol. The zero-order valence-corrected chi connectivity index (χ0v) is 7.95. The number of aliphatic hydroxyl groups excluding tert-OH is 1. The van der Waals surface area contributed by atoms with Crippen molar-refractivity contribution >= 4 is 17.3 Å². The average Bonchev–Trinajstić information content (AvgIpc) is 2.26. The molecule has 8 nitrogen and oxygen atoms in total. The van der Waals surface area contributed by atoms with Crippen molar-refractivity contribution in [2.45, 2.75) is 6.10 Å². The molecule has 0 amide bonds. The number of carboxylic acids is 1. The molecule has 0 aliphatic heterocycles. The zero-order chi connectivity index (χ0) is 12.3. The highest BCUT2D eigenvalue weighted by molar-refractivity contribution is 5.77. The van der Waals surface area contributed by atoms with Gasteiger partial charge in [0.15, 0.2) is 6.10 Å². The van der Waals surface area contributed by atoms with E-state index in [1.165, 1.54) is 6.07 Å². The van der Waals surface area contributed by atoms with Gasteiger partial charge < -0.3 is 15.6 Å². The Kier molecular flexibility index (Phi) is 3.38. The summed E-state index contributed by atoms with van der Waals surface area (Å²) in [6.07, 6.45) is -1.87. The molecule has 0 aliphatic carbocycles. The van der Waals surface area contributed by atoms with Crippen LogP contribution in [0.4, 0.5) is 11.4 Å². The molecule has 1 aromatic rings. The van der Waals surface area contributed by atoms with E-state index in [0.717, 1.165) is 12.1 Å². The van der Waals surface area contributed by atoms with Crippen LogP contribution in [0.15, 0.2) is 18.2 Å². The number of benzene rings is 1. The van der Waals surface area contributed by atoms with Gasteiger partial charge in [0.1, 0.15) is 0 Å². The third kappa shape index (κ3) is 2.24. The number of carboxylic acid groups (broad SMARTS) is 1. The Morgan fingerprint density at radius 2 is 2.19 bits per heavy atom. The first-order valence-electron chi connectivity index (χ1n) is 4.13. The number of nitrogen functional groups attached to an aromatic ring is 1. The SMILES string of the molecule is NNc1ccc([N+](=O)[O-])cc1C(O)C(=O)O. The predicted octanol–water partition coefficient (Wildman–Crippen LogP) is -0.00160. The molecule has 5 N–H and O–H groups in total. The van der Waals surface area contributed by atoms with Crippen LogP contribution < -0.4 is 11.3 Å². The minimum Gasteiger partial charge on any atom is -0.479 e. The first-order chi connectivity index (χ1) is 7.47. The molecule has 1 aromatic carbocycles. The van der Waals surface area contributed by atoms with Gasteiger partial charge in [-0.2, -0.15) is 0 Å². The fraction of sp³-hybridized carbons (Fsp3) is 0.125. The van der Waals surface area contributed by atoms with Crippen molar-refractivity contribution in [3.63, 3.8) is 0 Å². The van der Waals surface area contributed by atoms with Crippen LogP contribution in [0, 0.1) is 10.1 Å². The number of nitrogens with zero attached hydrogens (tertiary/aromatic N) is 1. The van der Waals surface area contributed by atoms with Crippen LogP contribution in [0.2, 0.25) is 0 Å². The van der Waals surface area contributed by atoms with Gasteiger partial charge in [-0.05, 0) is 6.07 Å². The van der Waals surface area contributed by atoms with Gasteiger partial charge in [0.2, 0.25) is 0 Å². The van der Waals surface area contributed by atoms with Gasteiger partial charge in [-0.15, -0.1) is 0 Å². The second-order valence-electron chi connectivity index (χ2n) is 2.91. The Labute approximate surface area is 89.4 Å². The van der Waals surface area contributed by atoms with Gasteiger partial charge in [0, 0.05) is 17.7 Å². The van der Waals surface area contributed by atoms with Crippen LogP contribution in [0.3, 0.4) is 0 Å². The van der Waals surface area contributed by atoms with Gasteiger partial charge in [0.25, 0.3) is 5.69 Å². The molecule has 8 heteroatoms. The maximum absolute atomic E-state index is 10.6. The second-order valence-corrected chi connectivity index (χ2v) is 2.91. The first-order valence-corrected chi connectivity index (χ1v) is 4.13. The topological polar surface area (TPSA) is 139 Å². The number of nitro benzene ring substituents is 1. The van der Waals surface area contributed by atoms with E-state index in [4.69, 9.17) is 10.9 Å². The smallest absolute Gasteiger partial charge is 0.337 e. The van der Waals surface area contributed by atoms with E-state index >= 15 is 0 Å². The van der Waals surface area contributed by atoms with E-state index in [0.29, 0.717) is 0 Å². The number of aliphatic hydroxyl groups is 1. The van der Waals surface area contributed by atoms with Crippen molar-refractivity contribution in [3.8, 4) is 0 Å². The molecule has 86 valence electrons. The number of rotatable bonds is 4. The number of nitrogens with two attached hydrogens (primary N) is 1. The molecule has 0 saturated heterocycles. The monoisotopic (exact) mass is 227 g/mol. The molecular formula is C8H9N3O5. The summed E-state index contributed by atoms with van der Waals surface area (Å²) in [6, 6.07) is 3.32. The van der Waals surface area contributed by atoms with Crippen LogP contribution in [-0.2, 0) is 4.79 Å². The molecule has 0 fully saturated rings. The first kappa shape index (κ1) is 11.9. The second kappa shape index (κ2) is 4.55. The Bertz CT molecular complexity index is 434. The number of nitro groups is 1. The largest absolute Gasteiger partial charge is 0.479 e. The number of non-ortho nitro benzene ring substituents is 1. The molecule has 0 spiro atoms. The van der Waals surface area contributed by atoms with E-state index < -0.39 is 17.0 Å². The van der Waals surface area contributed by atoms with Gasteiger partial charge in [-0.3, -0.25) is 16.0 Å². The fourth-order valence-corrected chi connectivity index (χ4v) is 1.15. The van der Waals surface area contributed by atoms with E-state index in [1.807, 2.05) is 0 Å². The van der Waals surface area contributed by atoms with Crippen LogP contribution >= 0.6 is 0 Å². The van der Waals surface area contributed by atoms with E-state index in [9.17, 15) is 20.0 Å². The van der Waals surface area contributed by atoms with E-state index in [-0.39, 0.29) is 16.9 Å².